The van der Waals surface area contributed by atoms with Gasteiger partial charge in [0.1, 0.15) is 18.5 Å². The number of nitrogens with two attached hydrogens (primary N) is 1. The highest BCUT2D eigenvalue weighted by Gasteiger charge is 2.34. The molecule has 0 bridgehead atoms. The smallest absolute Gasteiger partial charge is 0.407 e. The van der Waals surface area contributed by atoms with Crippen molar-refractivity contribution in [1.82, 2.24) is 10.6 Å². The maximum Gasteiger partial charge on any atom is 0.407 e. The summed E-state index contributed by atoms with van der Waals surface area (Å²) in [4.78, 5) is 37.5. The maximum atomic E-state index is 13.3. The maximum absolute atomic E-state index is 13.3. The fraction of sp³-hybridized carbons (Fsp3) is 0.500. The van der Waals surface area contributed by atoms with Crippen molar-refractivity contribution in [3.05, 3.63) is 71.0 Å². The third kappa shape index (κ3) is 7.55. The van der Waals surface area contributed by atoms with E-state index in [9.17, 15) is 18.8 Å². The molecule has 0 spiro atoms. The van der Waals surface area contributed by atoms with Gasteiger partial charge in [0.25, 0.3) is 0 Å². The molecule has 4 N–H and O–H groups in total. The number of ether oxygens (including phenoxy) is 1. The number of amides is 3. The zero-order valence-electron chi connectivity index (χ0n) is 21.8. The number of alkyl carbamates (subject to hydrolysis) is 1. The van der Waals surface area contributed by atoms with Gasteiger partial charge in [-0.3, -0.25) is 9.59 Å². The highest BCUT2D eigenvalue weighted by molar-refractivity contribution is 5.89. The van der Waals surface area contributed by atoms with Crippen LogP contribution < -0.4 is 16.4 Å². The Morgan fingerprint density at radius 1 is 0.895 bits per heavy atom. The SMILES string of the molecule is NC(=O)[C@@H](NC(=O)[C@@H]1CCCC[C@H]1c1ccc(COC(=O)NCC2CCCCC2)cc1)c1ccc(F)cc1. The van der Waals surface area contributed by atoms with Crippen molar-refractivity contribution < 1.29 is 23.5 Å². The van der Waals surface area contributed by atoms with Gasteiger partial charge in [-0.05, 0) is 66.3 Å². The molecule has 7 nitrogen and oxygen atoms in total. The molecule has 2 aromatic rings. The van der Waals surface area contributed by atoms with Gasteiger partial charge < -0.3 is 21.1 Å². The minimum atomic E-state index is -1.02. The lowest BCUT2D eigenvalue weighted by molar-refractivity contribution is -0.131. The van der Waals surface area contributed by atoms with E-state index in [1.165, 1.54) is 43.5 Å². The van der Waals surface area contributed by atoms with Crippen molar-refractivity contribution in [2.75, 3.05) is 6.54 Å². The van der Waals surface area contributed by atoms with Crippen molar-refractivity contribution in [2.24, 2.45) is 17.6 Å². The average molecular weight is 524 g/mol. The molecule has 3 amide bonds. The lowest BCUT2D eigenvalue weighted by atomic mass is 9.74. The summed E-state index contributed by atoms with van der Waals surface area (Å²) in [7, 11) is 0. The second-order valence-corrected chi connectivity index (χ2v) is 10.6. The van der Waals surface area contributed by atoms with Crippen LogP contribution >= 0.6 is 0 Å². The number of primary amides is 1. The number of rotatable bonds is 9. The van der Waals surface area contributed by atoms with E-state index in [0.29, 0.717) is 24.4 Å². The van der Waals surface area contributed by atoms with E-state index in [1.54, 1.807) is 0 Å². The van der Waals surface area contributed by atoms with Gasteiger partial charge in [0.15, 0.2) is 0 Å². The van der Waals surface area contributed by atoms with Crippen LogP contribution in [0.1, 0.15) is 86.4 Å². The van der Waals surface area contributed by atoms with Crippen LogP contribution in [0.5, 0.6) is 0 Å². The van der Waals surface area contributed by atoms with E-state index in [-0.39, 0.29) is 24.3 Å². The van der Waals surface area contributed by atoms with Gasteiger partial charge in [0.05, 0.1) is 0 Å². The summed E-state index contributed by atoms with van der Waals surface area (Å²) >= 11 is 0. The molecule has 2 aliphatic rings. The third-order valence-corrected chi connectivity index (χ3v) is 7.91. The molecule has 0 unspecified atom stereocenters. The van der Waals surface area contributed by atoms with Crippen molar-refractivity contribution in [3.63, 3.8) is 0 Å². The van der Waals surface area contributed by atoms with Crippen LogP contribution in [0.2, 0.25) is 0 Å². The first-order chi connectivity index (χ1) is 18.4. The molecule has 0 heterocycles. The van der Waals surface area contributed by atoms with E-state index in [0.717, 1.165) is 43.2 Å². The van der Waals surface area contributed by atoms with E-state index >= 15 is 0 Å². The Labute approximate surface area is 223 Å². The molecule has 2 aromatic carbocycles. The second kappa shape index (κ2) is 13.4. The van der Waals surface area contributed by atoms with E-state index in [4.69, 9.17) is 10.5 Å². The van der Waals surface area contributed by atoms with E-state index in [2.05, 4.69) is 10.6 Å². The summed E-state index contributed by atoms with van der Waals surface area (Å²) in [6, 6.07) is 12.2. The highest BCUT2D eigenvalue weighted by Crippen LogP contribution is 2.38. The van der Waals surface area contributed by atoms with Crippen LogP contribution in [0.3, 0.4) is 0 Å². The first kappa shape index (κ1) is 27.6. The van der Waals surface area contributed by atoms with Crippen LogP contribution in [0, 0.1) is 17.7 Å². The molecule has 0 saturated heterocycles. The molecule has 2 saturated carbocycles. The summed E-state index contributed by atoms with van der Waals surface area (Å²) in [6.45, 7) is 0.851. The molecule has 8 heteroatoms. The topological polar surface area (TPSA) is 111 Å². The molecular weight excluding hydrogens is 485 g/mol. The molecule has 4 rings (SSSR count). The predicted molar refractivity (Wildman–Crippen MR) is 142 cm³/mol. The van der Waals surface area contributed by atoms with Crippen molar-refractivity contribution >= 4 is 17.9 Å². The Hall–Kier alpha value is -3.42. The Kier molecular flexibility index (Phi) is 9.73. The van der Waals surface area contributed by atoms with Crippen LogP contribution in [0.4, 0.5) is 9.18 Å². The van der Waals surface area contributed by atoms with Crippen molar-refractivity contribution in [1.29, 1.82) is 0 Å². The number of benzene rings is 2. The summed E-state index contributed by atoms with van der Waals surface area (Å²) in [6.07, 6.45) is 9.18. The molecule has 2 fully saturated rings. The summed E-state index contributed by atoms with van der Waals surface area (Å²) in [5.41, 5.74) is 7.93. The fourth-order valence-electron chi connectivity index (χ4n) is 5.75. The third-order valence-electron chi connectivity index (χ3n) is 7.91. The second-order valence-electron chi connectivity index (χ2n) is 10.6. The number of hydrogen-bond acceptors (Lipinski definition) is 4. The van der Waals surface area contributed by atoms with Crippen LogP contribution in [0.25, 0.3) is 0 Å². The van der Waals surface area contributed by atoms with Gasteiger partial charge in [0.2, 0.25) is 11.8 Å². The molecule has 0 radical (unpaired) electrons. The van der Waals surface area contributed by atoms with Gasteiger partial charge in [0, 0.05) is 12.5 Å². The van der Waals surface area contributed by atoms with Crippen LogP contribution in [-0.4, -0.2) is 24.5 Å². The number of nitrogens with one attached hydrogen (secondary N) is 2. The molecule has 38 heavy (non-hydrogen) atoms. The molecule has 0 aliphatic heterocycles. The number of hydrogen-bond donors (Lipinski definition) is 3. The predicted octanol–water partition coefficient (Wildman–Crippen LogP) is 5.25. The van der Waals surface area contributed by atoms with Crippen LogP contribution in [-0.2, 0) is 20.9 Å². The average Bonchev–Trinajstić information content (AvgIpc) is 2.95. The number of carbonyl (C=O) groups excluding carboxylic acids is 3. The van der Waals surface area contributed by atoms with E-state index in [1.807, 2.05) is 24.3 Å². The quantitative estimate of drug-likeness (QED) is 0.417. The molecule has 2 aliphatic carbocycles. The summed E-state index contributed by atoms with van der Waals surface area (Å²) < 4.78 is 18.7. The largest absolute Gasteiger partial charge is 0.445 e. The zero-order valence-corrected chi connectivity index (χ0v) is 21.8. The molecular formula is C30H38FN3O4. The minimum absolute atomic E-state index is 0.000690. The fourth-order valence-corrected chi connectivity index (χ4v) is 5.75. The Balaban J connectivity index is 1.33. The normalized spacial score (nSPS) is 20.8. The van der Waals surface area contributed by atoms with Crippen molar-refractivity contribution in [2.45, 2.75) is 76.4 Å². The summed E-state index contributed by atoms with van der Waals surface area (Å²) in [5.74, 6) is -1.11. The lowest BCUT2D eigenvalue weighted by Gasteiger charge is -2.32. The van der Waals surface area contributed by atoms with Gasteiger partial charge in [-0.1, -0.05) is 68.5 Å². The zero-order chi connectivity index (χ0) is 26.9. The molecule has 0 aromatic heterocycles. The standard InChI is InChI=1S/C30H38FN3O4/c31-24-16-14-23(15-17-24)27(28(32)35)34-29(36)26-9-5-4-8-25(26)22-12-10-21(11-13-22)19-38-30(37)33-18-20-6-2-1-3-7-20/h10-17,20,25-27H,1-9,18-19H2,(H2,32,35)(H,33,37)(H,34,36)/t25-,26+,27-/m0/s1. The molecule has 3 atom stereocenters. The monoisotopic (exact) mass is 523 g/mol. The number of carbonyl (C=O) groups is 3. The van der Waals surface area contributed by atoms with Crippen molar-refractivity contribution in [3.8, 4) is 0 Å². The Bertz CT molecular complexity index is 1080. The highest BCUT2D eigenvalue weighted by atomic mass is 19.1. The van der Waals surface area contributed by atoms with Gasteiger partial charge in [-0.2, -0.15) is 0 Å². The van der Waals surface area contributed by atoms with Crippen LogP contribution in [0.15, 0.2) is 48.5 Å². The Morgan fingerprint density at radius 3 is 2.24 bits per heavy atom. The lowest BCUT2D eigenvalue weighted by Crippen LogP contribution is -2.42. The first-order valence-corrected chi connectivity index (χ1v) is 13.8. The first-order valence-electron chi connectivity index (χ1n) is 13.8. The Morgan fingerprint density at radius 2 is 1.55 bits per heavy atom. The van der Waals surface area contributed by atoms with E-state index < -0.39 is 23.9 Å². The van der Waals surface area contributed by atoms with Gasteiger partial charge in [-0.15, -0.1) is 0 Å². The van der Waals surface area contributed by atoms with Gasteiger partial charge in [-0.25, -0.2) is 9.18 Å². The molecule has 204 valence electrons. The number of halogens is 1. The minimum Gasteiger partial charge on any atom is -0.445 e. The van der Waals surface area contributed by atoms with Gasteiger partial charge >= 0.3 is 6.09 Å². The summed E-state index contributed by atoms with van der Waals surface area (Å²) in [5, 5.41) is 5.69.